The molecule has 0 unspecified atom stereocenters. The molecule has 4 heterocycles. The average Bonchev–Trinajstić information content (AvgIpc) is 2.81. The lowest BCUT2D eigenvalue weighted by atomic mass is 9.70. The molecular weight excluding hydrogens is 344 g/mol. The maximum Gasteiger partial charge on any atom is 0.266 e. The molecule has 1 spiro atoms. The molecule has 4 bridgehead atoms. The van der Waals surface area contributed by atoms with Crippen LogP contribution < -0.4 is 5.06 Å². The van der Waals surface area contributed by atoms with E-state index in [1.807, 2.05) is 31.3 Å². The first kappa shape index (κ1) is 17.4. The number of aliphatic hydroxyl groups excluding tert-OH is 1. The van der Waals surface area contributed by atoms with Crippen molar-refractivity contribution in [2.45, 2.75) is 37.0 Å². The minimum atomic E-state index is -1.13. The molecule has 6 nitrogen and oxygen atoms in total. The summed E-state index contributed by atoms with van der Waals surface area (Å²) >= 11 is 0. The van der Waals surface area contributed by atoms with Crippen molar-refractivity contribution in [1.82, 2.24) is 4.90 Å². The minimum Gasteiger partial charge on any atom is -0.390 e. The van der Waals surface area contributed by atoms with Gasteiger partial charge < -0.3 is 9.84 Å². The monoisotopic (exact) mass is 370 g/mol. The summed E-state index contributed by atoms with van der Waals surface area (Å²) in [4.78, 5) is 21.3. The van der Waals surface area contributed by atoms with E-state index >= 15 is 0 Å². The topological polar surface area (TPSA) is 62.2 Å². The van der Waals surface area contributed by atoms with Crippen LogP contribution in [0.2, 0.25) is 0 Å². The number of allylic oxidation sites excluding steroid dienone is 1. The Hall–Kier alpha value is -1.73. The van der Waals surface area contributed by atoms with Crippen LogP contribution in [0.3, 0.4) is 0 Å². The summed E-state index contributed by atoms with van der Waals surface area (Å²) < 4.78 is 6.29. The highest BCUT2D eigenvalue weighted by Crippen LogP contribution is 2.57. The van der Waals surface area contributed by atoms with Gasteiger partial charge >= 0.3 is 0 Å². The summed E-state index contributed by atoms with van der Waals surface area (Å²) in [5.41, 5.74) is 1.79. The molecule has 1 aliphatic carbocycles. The van der Waals surface area contributed by atoms with Gasteiger partial charge in [-0.1, -0.05) is 29.8 Å². The van der Waals surface area contributed by atoms with Gasteiger partial charge in [0.1, 0.15) is 5.41 Å². The maximum atomic E-state index is 13.7. The van der Waals surface area contributed by atoms with Crippen LogP contribution in [0.4, 0.5) is 5.69 Å². The number of carbonyl (C=O) groups is 1. The first-order valence-corrected chi connectivity index (χ1v) is 9.68. The molecule has 4 aliphatic heterocycles. The molecule has 1 aromatic rings. The van der Waals surface area contributed by atoms with Crippen LogP contribution in [0.15, 0.2) is 35.9 Å². The first-order valence-electron chi connectivity index (χ1n) is 9.68. The van der Waals surface area contributed by atoms with Crippen molar-refractivity contribution in [2.75, 3.05) is 32.4 Å². The van der Waals surface area contributed by atoms with Crippen LogP contribution >= 0.6 is 0 Å². The Morgan fingerprint density at radius 3 is 2.89 bits per heavy atom. The quantitative estimate of drug-likeness (QED) is 0.759. The lowest BCUT2D eigenvalue weighted by Gasteiger charge is -2.46. The van der Waals surface area contributed by atoms with Crippen LogP contribution in [-0.4, -0.2) is 61.5 Å². The van der Waals surface area contributed by atoms with Gasteiger partial charge in [0.05, 0.1) is 31.6 Å². The second-order valence-electron chi connectivity index (χ2n) is 8.21. The number of fused-ring (bicyclic) bond motifs is 2. The molecule has 1 N–H and O–H groups in total. The number of hydrogen-bond donors (Lipinski definition) is 1. The molecule has 3 saturated heterocycles. The predicted octanol–water partition coefficient (Wildman–Crippen LogP) is 1.49. The van der Waals surface area contributed by atoms with Gasteiger partial charge in [-0.05, 0) is 37.9 Å². The summed E-state index contributed by atoms with van der Waals surface area (Å²) in [5, 5.41) is 13.1. The molecule has 0 aromatic heterocycles. The van der Waals surface area contributed by atoms with E-state index in [0.717, 1.165) is 18.5 Å². The molecule has 6 heteroatoms. The fraction of sp³-hybridized carbons (Fsp3) is 0.571. The number of ether oxygens (including phenoxy) is 1. The summed E-state index contributed by atoms with van der Waals surface area (Å²) in [7, 11) is 3.54. The highest BCUT2D eigenvalue weighted by atomic mass is 16.7. The number of para-hydroxylation sites is 1. The molecule has 4 fully saturated rings. The molecular formula is C21H26N2O4. The van der Waals surface area contributed by atoms with Crippen molar-refractivity contribution in [3.8, 4) is 0 Å². The van der Waals surface area contributed by atoms with E-state index in [2.05, 4.69) is 17.9 Å². The van der Waals surface area contributed by atoms with Crippen molar-refractivity contribution in [1.29, 1.82) is 0 Å². The van der Waals surface area contributed by atoms with Crippen LogP contribution in [0.25, 0.3) is 0 Å². The van der Waals surface area contributed by atoms with Gasteiger partial charge in [-0.25, -0.2) is 0 Å². The summed E-state index contributed by atoms with van der Waals surface area (Å²) in [6.07, 6.45) is 1.73. The van der Waals surface area contributed by atoms with E-state index in [-0.39, 0.29) is 24.0 Å². The normalized spacial score (nSPS) is 42.1. The number of likely N-dealkylation sites (tertiary alicyclic amines) is 1. The van der Waals surface area contributed by atoms with Crippen molar-refractivity contribution in [2.24, 2.45) is 11.8 Å². The summed E-state index contributed by atoms with van der Waals surface area (Å²) in [6, 6.07) is 7.51. The number of hydrogen-bond acceptors (Lipinski definition) is 5. The Bertz CT molecular complexity index is 824. The Kier molecular flexibility index (Phi) is 3.78. The third-order valence-corrected chi connectivity index (χ3v) is 7.29. The lowest BCUT2D eigenvalue weighted by molar-refractivity contribution is -0.143. The fourth-order valence-corrected chi connectivity index (χ4v) is 6.15. The smallest absolute Gasteiger partial charge is 0.266 e. The average molecular weight is 370 g/mol. The Balaban J connectivity index is 1.75. The van der Waals surface area contributed by atoms with Crippen molar-refractivity contribution in [3.05, 3.63) is 41.5 Å². The zero-order chi connectivity index (χ0) is 18.9. The van der Waals surface area contributed by atoms with E-state index in [0.29, 0.717) is 18.2 Å². The largest absolute Gasteiger partial charge is 0.390 e. The fourth-order valence-electron chi connectivity index (χ4n) is 6.15. The second-order valence-corrected chi connectivity index (χ2v) is 8.21. The standard InChI is InChI=1S/C21H26N2O4/c1-4-12-10-22(2)18-14-11-27-17(9-13(12)14)21(19(18)24)15-7-5-6-8-16(15)23(26-3)20(21)25/h4-8,13-14,17-19,24H,9-11H2,1-3H3/b12-4+/t13-,14-,17+,18+,19-,21-/m0/s1. The number of piperidine rings is 1. The molecule has 1 aromatic carbocycles. The van der Waals surface area contributed by atoms with E-state index in [9.17, 15) is 9.90 Å². The third-order valence-electron chi connectivity index (χ3n) is 7.29. The van der Waals surface area contributed by atoms with Crippen LogP contribution in [0.1, 0.15) is 18.9 Å². The number of aliphatic hydroxyl groups is 1. The SMILES string of the molecule is C/C=C1\CN(C)[C@@H]2[C@H]3CO[C@H](C[C@@H]13)[C@]1(C(=O)N(OC)c3ccccc31)[C@H]2O. The Morgan fingerprint density at radius 2 is 2.15 bits per heavy atom. The molecule has 27 heavy (non-hydrogen) atoms. The van der Waals surface area contributed by atoms with E-state index < -0.39 is 11.5 Å². The van der Waals surface area contributed by atoms with Crippen LogP contribution in [-0.2, 0) is 19.8 Å². The van der Waals surface area contributed by atoms with E-state index in [4.69, 9.17) is 9.57 Å². The number of hydroxylamine groups is 1. The Morgan fingerprint density at radius 1 is 1.37 bits per heavy atom. The molecule has 144 valence electrons. The van der Waals surface area contributed by atoms with Gasteiger partial charge in [-0.2, -0.15) is 5.06 Å². The molecule has 1 saturated carbocycles. The number of nitrogens with zero attached hydrogens (tertiary/aromatic N) is 2. The number of amides is 1. The van der Waals surface area contributed by atoms with Gasteiger partial charge in [0.25, 0.3) is 5.91 Å². The number of rotatable bonds is 1. The van der Waals surface area contributed by atoms with Gasteiger partial charge in [0.2, 0.25) is 0 Å². The van der Waals surface area contributed by atoms with E-state index in [1.165, 1.54) is 17.7 Å². The molecule has 5 aliphatic rings. The third kappa shape index (κ3) is 1.96. The summed E-state index contributed by atoms with van der Waals surface area (Å²) in [6.45, 7) is 3.48. The zero-order valence-electron chi connectivity index (χ0n) is 16.0. The van der Waals surface area contributed by atoms with Crippen LogP contribution in [0.5, 0.6) is 0 Å². The van der Waals surface area contributed by atoms with Crippen molar-refractivity contribution >= 4 is 11.6 Å². The number of anilines is 1. The number of benzene rings is 1. The van der Waals surface area contributed by atoms with Crippen molar-refractivity contribution < 1.29 is 19.5 Å². The minimum absolute atomic E-state index is 0.125. The highest BCUT2D eigenvalue weighted by molar-refractivity contribution is 6.08. The van der Waals surface area contributed by atoms with Crippen molar-refractivity contribution in [3.63, 3.8) is 0 Å². The number of likely N-dealkylation sites (N-methyl/N-ethyl adjacent to an activating group) is 1. The maximum absolute atomic E-state index is 13.7. The van der Waals surface area contributed by atoms with Gasteiger partial charge in [-0.3, -0.25) is 14.5 Å². The molecule has 0 radical (unpaired) electrons. The first-order chi connectivity index (χ1) is 13.1. The number of carbonyl (C=O) groups excluding carboxylic acids is 1. The molecule has 6 rings (SSSR count). The van der Waals surface area contributed by atoms with E-state index in [1.54, 1.807) is 0 Å². The Labute approximate surface area is 159 Å². The van der Waals surface area contributed by atoms with Crippen LogP contribution in [0, 0.1) is 11.8 Å². The van der Waals surface area contributed by atoms with Gasteiger partial charge in [0.15, 0.2) is 0 Å². The summed E-state index contributed by atoms with van der Waals surface area (Å²) in [5.74, 6) is 0.324. The molecule has 1 amide bonds. The highest BCUT2D eigenvalue weighted by Gasteiger charge is 2.68. The zero-order valence-corrected chi connectivity index (χ0v) is 16.0. The van der Waals surface area contributed by atoms with Gasteiger partial charge in [0, 0.05) is 18.5 Å². The van der Waals surface area contributed by atoms with Gasteiger partial charge in [-0.15, -0.1) is 0 Å². The molecule has 6 atom stereocenters. The predicted molar refractivity (Wildman–Crippen MR) is 100 cm³/mol. The lowest BCUT2D eigenvalue weighted by Crippen LogP contribution is -2.61. The second kappa shape index (κ2) is 5.88.